The molecule has 0 aliphatic heterocycles. The van der Waals surface area contributed by atoms with E-state index in [9.17, 15) is 0 Å². The van der Waals surface area contributed by atoms with E-state index in [1.807, 2.05) is 0 Å². The Labute approximate surface area is 377 Å². The van der Waals surface area contributed by atoms with Crippen LogP contribution in [0.1, 0.15) is 117 Å². The van der Waals surface area contributed by atoms with Crippen molar-refractivity contribution in [2.45, 2.75) is 53.1 Å². The molecule has 4 aromatic carbocycles. The number of nitriles is 3. The van der Waals surface area contributed by atoms with Crippen LogP contribution in [-0.2, 0) is 25.7 Å². The van der Waals surface area contributed by atoms with Gasteiger partial charge in [-0.2, -0.15) is 15.8 Å². The smallest absolute Gasteiger partial charge is 0.154 e. The van der Waals surface area contributed by atoms with Crippen LogP contribution in [0.5, 0.6) is 0 Å². The second kappa shape index (κ2) is 21.7. The van der Waals surface area contributed by atoms with Crippen LogP contribution in [0, 0.1) is 68.0 Å². The number of allylic oxidation sites excluding steroid dienone is 1. The Kier molecular flexibility index (Phi) is 7.71. The number of halogens is 1. The van der Waals surface area contributed by atoms with Crippen LogP contribution in [0.3, 0.4) is 0 Å². The monoisotopic (exact) mass is 832 g/mol. The predicted octanol–water partition coefficient (Wildman–Crippen LogP) is 10.6. The molecule has 0 N–H and O–H groups in total. The second-order valence-electron chi connectivity index (χ2n) is 11.0. The van der Waals surface area contributed by atoms with Crippen LogP contribution in [0.25, 0.3) is 10.9 Å². The quantitative estimate of drug-likeness (QED) is 0.105. The van der Waals surface area contributed by atoms with Gasteiger partial charge >= 0.3 is 0 Å². The molecule has 9 heteroatoms. The van der Waals surface area contributed by atoms with Gasteiger partial charge in [-0.05, 0) is 126 Å². The largest absolute Gasteiger partial charge is 0.246 e. The summed E-state index contributed by atoms with van der Waals surface area (Å²) in [7, 11) is 0. The molecule has 0 aliphatic carbocycles. The summed E-state index contributed by atoms with van der Waals surface area (Å²) in [4.78, 5) is 19.8. The van der Waals surface area contributed by atoms with E-state index in [0.717, 1.165) is 12.3 Å². The first-order chi connectivity index (χ1) is 37.5. The van der Waals surface area contributed by atoms with Crippen molar-refractivity contribution in [2.75, 3.05) is 0 Å². The number of hydrogen-bond acceptors (Lipinski definition) is 7. The van der Waals surface area contributed by atoms with Gasteiger partial charge in [0.15, 0.2) is 6.20 Å². The van der Waals surface area contributed by atoms with Crippen molar-refractivity contribution in [3.63, 3.8) is 0 Å². The third kappa shape index (κ3) is 13.3. The highest BCUT2D eigenvalue weighted by Crippen LogP contribution is 2.23. The molecule has 2 aromatic heterocycles. The Bertz CT molecular complexity index is 3530. The summed E-state index contributed by atoms with van der Waals surface area (Å²) in [6, 6.07) is 1.74. The highest BCUT2D eigenvalue weighted by Gasteiger charge is 2.10. The summed E-state index contributed by atoms with van der Waals surface area (Å²) in [5.74, 6) is 0.0610. The average Bonchev–Trinajstić information content (AvgIpc) is 3.36. The lowest BCUT2D eigenvalue weighted by Crippen LogP contribution is -2.03. The zero-order valence-corrected chi connectivity index (χ0v) is 31.1. The zero-order chi connectivity index (χ0) is 61.6. The molecular formula is C48H41BrN8. The van der Waals surface area contributed by atoms with Crippen LogP contribution in [0.4, 0.5) is 0 Å². The molecule has 8 nitrogen and oxygen atoms in total. The molecule has 2 heterocycles. The highest BCUT2D eigenvalue weighted by molar-refractivity contribution is 9.10. The highest BCUT2D eigenvalue weighted by atomic mass is 79.9. The van der Waals surface area contributed by atoms with E-state index in [2.05, 4.69) is 47.3 Å². The van der Waals surface area contributed by atoms with Crippen molar-refractivity contribution < 1.29 is 32.9 Å². The number of aromatic nitrogens is 4. The maximum atomic E-state index is 9.16. The average molecular weight is 834 g/mol. The lowest BCUT2D eigenvalue weighted by molar-refractivity contribution is 0.911. The van der Waals surface area contributed by atoms with Gasteiger partial charge < -0.3 is 0 Å². The van der Waals surface area contributed by atoms with Gasteiger partial charge in [0.1, 0.15) is 11.6 Å². The van der Waals surface area contributed by atoms with Crippen molar-refractivity contribution >= 4 is 22.0 Å². The Hall–Kier alpha value is -7.04. The van der Waals surface area contributed by atoms with Gasteiger partial charge in [0, 0.05) is 76.5 Å². The third-order valence-corrected chi connectivity index (χ3v) is 7.49. The number of hydrogen-bond donors (Lipinski definition) is 0. The molecule has 0 saturated heterocycles. The first kappa shape index (κ1) is 20.2. The molecule has 280 valence electrons. The van der Waals surface area contributed by atoms with Gasteiger partial charge in [-0.25, -0.2) is 24.8 Å². The SMILES string of the molecule is C=CC#N.[2H]c1c([2H])c(Cc2nccc(Cc3c(C([2H])([2H])[2H])c([2H])c(/C=C/[N+]#[C-])c([2H])c3C([2H])([2H])[2H])n2)c([2H])c([2H])c1C#N.[2H]c1c([2H])c(Cc2nccc(Cc3c(C([2H])([2H])[2H])c([2H])c(Br)c([2H])c3C([2H])([2H])[2H])n2)c([2H])c([2H])c1C#N. The second-order valence-corrected chi connectivity index (χ2v) is 11.8. The van der Waals surface area contributed by atoms with Gasteiger partial charge in [-0.15, -0.1) is 0 Å². The topological polar surface area (TPSA) is 127 Å². The van der Waals surface area contributed by atoms with Gasteiger partial charge in [0.05, 0.1) is 52.4 Å². The third-order valence-electron chi connectivity index (χ3n) is 7.09. The predicted molar refractivity (Wildman–Crippen MR) is 229 cm³/mol. The molecular weight excluding hydrogens is 768 g/mol. The van der Waals surface area contributed by atoms with Crippen molar-refractivity contribution in [3.8, 4) is 18.2 Å². The molecule has 0 spiro atoms. The van der Waals surface area contributed by atoms with Gasteiger partial charge in [-0.3, -0.25) is 0 Å². The van der Waals surface area contributed by atoms with Gasteiger partial charge in [0.2, 0.25) is 0 Å². The van der Waals surface area contributed by atoms with E-state index in [1.54, 1.807) is 18.2 Å². The van der Waals surface area contributed by atoms with E-state index in [1.165, 1.54) is 30.6 Å². The number of nitrogens with zero attached hydrogens (tertiary/aromatic N) is 8. The molecule has 0 aliphatic rings. The fourth-order valence-corrected chi connectivity index (χ4v) is 4.94. The van der Waals surface area contributed by atoms with E-state index in [0.29, 0.717) is 0 Å². The summed E-state index contributed by atoms with van der Waals surface area (Å²) in [5.41, 5.74) is -3.74. The van der Waals surface area contributed by atoms with Gasteiger partial charge in [-0.1, -0.05) is 64.8 Å². The van der Waals surface area contributed by atoms with Crippen molar-refractivity contribution in [2.24, 2.45) is 0 Å². The first-order valence-electron chi connectivity index (χ1n) is 28.1. The summed E-state index contributed by atoms with van der Waals surface area (Å²) in [5, 5.41) is 25.8. The Balaban J connectivity index is 0.000000328. The zero-order valence-electron chi connectivity index (χ0n) is 53.5. The molecule has 0 bridgehead atoms. The maximum Gasteiger partial charge on any atom is 0.154 e. The van der Waals surface area contributed by atoms with E-state index in [4.69, 9.17) is 55.3 Å². The minimum Gasteiger partial charge on any atom is -0.246 e. The molecule has 0 radical (unpaired) electrons. The summed E-state index contributed by atoms with van der Waals surface area (Å²) in [6.45, 7) is -1.58. The van der Waals surface area contributed by atoms with Crippen LogP contribution in [0.15, 0.2) is 120 Å². The molecule has 0 amide bonds. The van der Waals surface area contributed by atoms with Crippen LogP contribution in [-0.4, -0.2) is 19.9 Å². The van der Waals surface area contributed by atoms with Crippen LogP contribution < -0.4 is 0 Å². The Morgan fingerprint density at radius 3 is 1.51 bits per heavy atom. The minimum absolute atomic E-state index is 0.0164. The fourth-order valence-electron chi connectivity index (χ4n) is 4.55. The van der Waals surface area contributed by atoms with Crippen LogP contribution in [0.2, 0.25) is 0 Å². The summed E-state index contributed by atoms with van der Waals surface area (Å²) >= 11 is 2.98. The summed E-state index contributed by atoms with van der Waals surface area (Å²) in [6.07, 6.45) is 4.42. The lowest BCUT2D eigenvalue weighted by Gasteiger charge is -2.12. The van der Waals surface area contributed by atoms with Gasteiger partial charge in [0.25, 0.3) is 0 Å². The standard InChI is InChI=1S/C24H20N4.C21H18BrN3.C3H3N/c1-17-12-21(8-10-26-3)13-18(2)23(17)15-22-9-11-27-24(28-22)14-19-4-6-20(16-25)7-5-19;1-14-9-18(22)10-15(2)20(14)12-19-7-8-24-21(25-19)11-16-3-5-17(13-23)6-4-16;1-2-3-4/h4-13H,14-15H2,1-2H3;3-10H,11-12H2,1-2H3;2H,1H2/b10-8+;;/i1D3,2D3,4D,5D,6D,7D,12D,13D;1D3,2D3,3D,4D,5D,6D,9D,10D;. The molecule has 0 fully saturated rings. The molecule has 0 unspecified atom stereocenters. The minimum atomic E-state index is -2.95. The normalized spacial score (nSPS) is 17.0. The molecule has 6 rings (SSSR count). The van der Waals surface area contributed by atoms with Crippen molar-refractivity contribution in [1.82, 2.24) is 19.9 Å². The molecule has 6 aromatic rings. The Morgan fingerprint density at radius 1 is 0.719 bits per heavy atom. The molecule has 0 saturated carbocycles. The van der Waals surface area contributed by atoms with Crippen LogP contribution >= 0.6 is 15.9 Å². The first-order valence-corrected chi connectivity index (χ1v) is 16.9. The fraction of sp³-hybridized carbons (Fsp3) is 0.167. The van der Waals surface area contributed by atoms with Crippen molar-refractivity contribution in [3.05, 3.63) is 216 Å². The number of rotatable bonds is 9. The lowest BCUT2D eigenvalue weighted by atomic mass is 9.95. The maximum absolute atomic E-state index is 9.16. The van der Waals surface area contributed by atoms with E-state index >= 15 is 0 Å². The summed E-state index contributed by atoms with van der Waals surface area (Å²) < 4.78 is 193. The van der Waals surface area contributed by atoms with E-state index in [-0.39, 0.29) is 74.6 Å². The Morgan fingerprint density at radius 2 is 1.14 bits per heavy atom. The molecule has 0 atom stereocenters. The number of benzene rings is 4. The van der Waals surface area contributed by atoms with E-state index < -0.39 is 140 Å². The van der Waals surface area contributed by atoms with Crippen molar-refractivity contribution in [1.29, 1.82) is 15.8 Å². The molecule has 57 heavy (non-hydrogen) atoms.